The second kappa shape index (κ2) is 5.71. The molecule has 3 heterocycles. The van der Waals surface area contributed by atoms with Crippen LogP contribution in [0.4, 0.5) is 4.79 Å². The molecular weight excluding hydrogens is 274 g/mol. The Hall–Kier alpha value is -2.12. The van der Waals surface area contributed by atoms with Crippen LogP contribution in [0.15, 0.2) is 4.52 Å². The third kappa shape index (κ3) is 2.84. The van der Waals surface area contributed by atoms with E-state index in [2.05, 4.69) is 15.5 Å². The Morgan fingerprint density at radius 1 is 1.43 bits per heavy atom. The van der Waals surface area contributed by atoms with Crippen LogP contribution in [0.5, 0.6) is 0 Å². The summed E-state index contributed by atoms with van der Waals surface area (Å²) in [4.78, 5) is 31.7. The van der Waals surface area contributed by atoms with E-state index in [0.29, 0.717) is 31.3 Å². The van der Waals surface area contributed by atoms with Crippen molar-refractivity contribution < 1.29 is 14.1 Å². The zero-order chi connectivity index (χ0) is 14.8. The number of urea groups is 1. The molecular formula is C13H19N5O3. The van der Waals surface area contributed by atoms with Crippen molar-refractivity contribution in [1.29, 1.82) is 0 Å². The van der Waals surface area contributed by atoms with Crippen LogP contribution in [0, 0.1) is 6.92 Å². The van der Waals surface area contributed by atoms with Crippen molar-refractivity contribution in [3.63, 3.8) is 0 Å². The number of aromatic nitrogens is 2. The Bertz CT molecular complexity index is 544. The smallest absolute Gasteiger partial charge is 0.317 e. The van der Waals surface area contributed by atoms with Gasteiger partial charge in [0.25, 0.3) is 0 Å². The molecule has 0 spiro atoms. The predicted molar refractivity (Wildman–Crippen MR) is 72.3 cm³/mol. The van der Waals surface area contributed by atoms with E-state index < -0.39 is 0 Å². The lowest BCUT2D eigenvalue weighted by Crippen LogP contribution is -2.50. The highest BCUT2D eigenvalue weighted by Crippen LogP contribution is 2.30. The SMILES string of the molecule is Cc1nc([C@@H]2CCCN2C(=O)CN2CCCNC2=O)no1. The molecule has 0 bridgehead atoms. The molecule has 1 N–H and O–H groups in total. The zero-order valence-corrected chi connectivity index (χ0v) is 12.0. The molecule has 114 valence electrons. The molecule has 21 heavy (non-hydrogen) atoms. The number of hydrogen-bond acceptors (Lipinski definition) is 5. The largest absolute Gasteiger partial charge is 0.340 e. The summed E-state index contributed by atoms with van der Waals surface area (Å²) in [6.07, 6.45) is 2.61. The first-order chi connectivity index (χ1) is 10.1. The maximum absolute atomic E-state index is 12.5. The van der Waals surface area contributed by atoms with Gasteiger partial charge in [0.1, 0.15) is 6.54 Å². The molecule has 3 rings (SSSR count). The summed E-state index contributed by atoms with van der Waals surface area (Å²) in [5.41, 5.74) is 0. The molecule has 2 fully saturated rings. The van der Waals surface area contributed by atoms with E-state index in [1.54, 1.807) is 16.7 Å². The lowest BCUT2D eigenvalue weighted by molar-refractivity contribution is -0.133. The normalized spacial score (nSPS) is 22.5. The summed E-state index contributed by atoms with van der Waals surface area (Å²) in [5, 5.41) is 6.67. The van der Waals surface area contributed by atoms with Gasteiger partial charge in [-0.2, -0.15) is 4.98 Å². The van der Waals surface area contributed by atoms with Crippen molar-refractivity contribution in [3.8, 4) is 0 Å². The van der Waals surface area contributed by atoms with Crippen LogP contribution >= 0.6 is 0 Å². The van der Waals surface area contributed by atoms with Crippen molar-refractivity contribution in [2.24, 2.45) is 0 Å². The molecule has 0 radical (unpaired) electrons. The monoisotopic (exact) mass is 293 g/mol. The van der Waals surface area contributed by atoms with Gasteiger partial charge in [-0.3, -0.25) is 4.79 Å². The minimum Gasteiger partial charge on any atom is -0.340 e. The second-order valence-electron chi connectivity index (χ2n) is 5.42. The average Bonchev–Trinajstić information content (AvgIpc) is 3.09. The Kier molecular flexibility index (Phi) is 3.76. The van der Waals surface area contributed by atoms with Gasteiger partial charge in [0, 0.05) is 26.6 Å². The van der Waals surface area contributed by atoms with Gasteiger partial charge in [-0.05, 0) is 19.3 Å². The maximum atomic E-state index is 12.5. The first kappa shape index (κ1) is 13.8. The topological polar surface area (TPSA) is 91.6 Å². The fraction of sp³-hybridized carbons (Fsp3) is 0.692. The Morgan fingerprint density at radius 2 is 2.29 bits per heavy atom. The molecule has 0 aliphatic carbocycles. The molecule has 1 aromatic heterocycles. The van der Waals surface area contributed by atoms with Gasteiger partial charge in [-0.25, -0.2) is 4.79 Å². The van der Waals surface area contributed by atoms with Gasteiger partial charge in [0.2, 0.25) is 11.8 Å². The number of nitrogens with zero attached hydrogens (tertiary/aromatic N) is 4. The lowest BCUT2D eigenvalue weighted by Gasteiger charge is -2.30. The lowest BCUT2D eigenvalue weighted by atomic mass is 10.2. The Morgan fingerprint density at radius 3 is 3.00 bits per heavy atom. The molecule has 2 aliphatic heterocycles. The highest BCUT2D eigenvalue weighted by atomic mass is 16.5. The van der Waals surface area contributed by atoms with Gasteiger partial charge in [0.15, 0.2) is 5.82 Å². The van der Waals surface area contributed by atoms with Crippen LogP contribution in [-0.2, 0) is 4.79 Å². The van der Waals surface area contributed by atoms with Gasteiger partial charge >= 0.3 is 6.03 Å². The summed E-state index contributed by atoms with van der Waals surface area (Å²) in [6.45, 7) is 3.82. The van der Waals surface area contributed by atoms with E-state index in [4.69, 9.17) is 4.52 Å². The highest BCUT2D eigenvalue weighted by Gasteiger charge is 2.34. The number of hydrogen-bond donors (Lipinski definition) is 1. The summed E-state index contributed by atoms with van der Waals surface area (Å²) < 4.78 is 5.00. The average molecular weight is 293 g/mol. The predicted octanol–water partition coefficient (Wildman–Crippen LogP) is 0.457. The molecule has 2 saturated heterocycles. The zero-order valence-electron chi connectivity index (χ0n) is 12.0. The van der Waals surface area contributed by atoms with E-state index in [1.807, 2.05) is 0 Å². The molecule has 0 aromatic carbocycles. The quantitative estimate of drug-likeness (QED) is 0.874. The molecule has 1 aromatic rings. The Balaban J connectivity index is 1.67. The van der Waals surface area contributed by atoms with E-state index in [-0.39, 0.29) is 24.5 Å². The van der Waals surface area contributed by atoms with E-state index in [1.165, 1.54) is 0 Å². The van der Waals surface area contributed by atoms with Gasteiger partial charge in [-0.15, -0.1) is 0 Å². The number of aryl methyl sites for hydroxylation is 1. The number of nitrogens with one attached hydrogen (secondary N) is 1. The van der Waals surface area contributed by atoms with Crippen LogP contribution in [0.25, 0.3) is 0 Å². The summed E-state index contributed by atoms with van der Waals surface area (Å²) >= 11 is 0. The number of carbonyl (C=O) groups excluding carboxylic acids is 2. The minimum atomic E-state index is -0.166. The Labute approximate surface area is 122 Å². The number of carbonyl (C=O) groups is 2. The maximum Gasteiger partial charge on any atom is 0.317 e. The number of rotatable bonds is 3. The number of likely N-dealkylation sites (tertiary alicyclic amines) is 1. The molecule has 0 saturated carbocycles. The molecule has 8 heteroatoms. The van der Waals surface area contributed by atoms with Crippen molar-refractivity contribution in [1.82, 2.24) is 25.3 Å². The summed E-state index contributed by atoms with van der Waals surface area (Å²) in [7, 11) is 0. The van der Waals surface area contributed by atoms with Gasteiger partial charge in [-0.1, -0.05) is 5.16 Å². The fourth-order valence-electron chi connectivity index (χ4n) is 2.87. The molecule has 0 unspecified atom stereocenters. The van der Waals surface area contributed by atoms with Crippen molar-refractivity contribution >= 4 is 11.9 Å². The van der Waals surface area contributed by atoms with E-state index in [9.17, 15) is 9.59 Å². The standard InChI is InChI=1S/C13H19N5O3/c1-9-15-12(16-21-9)10-4-2-7-18(10)11(19)8-17-6-3-5-14-13(17)20/h10H,2-8H2,1H3,(H,14,20)/t10-/m0/s1. The summed E-state index contributed by atoms with van der Waals surface area (Å²) in [6, 6.07) is -0.302. The second-order valence-corrected chi connectivity index (χ2v) is 5.42. The first-order valence-electron chi connectivity index (χ1n) is 7.27. The van der Waals surface area contributed by atoms with Gasteiger partial charge < -0.3 is 19.6 Å². The van der Waals surface area contributed by atoms with Gasteiger partial charge in [0.05, 0.1) is 6.04 Å². The van der Waals surface area contributed by atoms with Crippen LogP contribution < -0.4 is 5.32 Å². The van der Waals surface area contributed by atoms with E-state index >= 15 is 0 Å². The van der Waals surface area contributed by atoms with E-state index in [0.717, 1.165) is 19.3 Å². The highest BCUT2D eigenvalue weighted by molar-refractivity contribution is 5.84. The molecule has 3 amide bonds. The third-order valence-electron chi connectivity index (χ3n) is 3.91. The molecule has 1 atom stereocenters. The molecule has 2 aliphatic rings. The first-order valence-corrected chi connectivity index (χ1v) is 7.27. The summed E-state index contributed by atoms with van der Waals surface area (Å²) in [5.74, 6) is 0.998. The fourth-order valence-corrected chi connectivity index (χ4v) is 2.87. The third-order valence-corrected chi connectivity index (χ3v) is 3.91. The van der Waals surface area contributed by atoms with Crippen molar-refractivity contribution in [2.75, 3.05) is 26.2 Å². The van der Waals surface area contributed by atoms with Crippen LogP contribution in [0.2, 0.25) is 0 Å². The molecule has 8 nitrogen and oxygen atoms in total. The van der Waals surface area contributed by atoms with Crippen LogP contribution in [-0.4, -0.2) is 58.1 Å². The van der Waals surface area contributed by atoms with Crippen LogP contribution in [0.1, 0.15) is 37.0 Å². The van der Waals surface area contributed by atoms with Crippen molar-refractivity contribution in [3.05, 3.63) is 11.7 Å². The number of amides is 3. The van der Waals surface area contributed by atoms with Crippen LogP contribution in [0.3, 0.4) is 0 Å². The van der Waals surface area contributed by atoms with Crippen molar-refractivity contribution in [2.45, 2.75) is 32.2 Å². The minimum absolute atomic E-state index is 0.0583.